The highest BCUT2D eigenvalue weighted by atomic mass is 15.1. The van der Waals surface area contributed by atoms with E-state index in [4.69, 9.17) is 12.8 Å². The second kappa shape index (κ2) is 4.11. The Morgan fingerprint density at radius 3 is 1.80 bits per heavy atom. The number of hydrogen-bond donors (Lipinski definition) is 0. The van der Waals surface area contributed by atoms with E-state index in [1.807, 2.05) is 12.1 Å². The van der Waals surface area contributed by atoms with Crippen LogP contribution in [0.3, 0.4) is 0 Å². The third-order valence-electron chi connectivity index (χ3n) is 2.25. The van der Waals surface area contributed by atoms with Gasteiger partial charge in [0.15, 0.2) is 0 Å². The molecule has 0 saturated carbocycles. The fraction of sp³-hybridized carbons (Fsp3) is 0.286. The Bertz CT molecular complexity index is 393. The molecule has 0 aliphatic heterocycles. The molecule has 1 aromatic carbocycles. The largest absolute Gasteiger partial charge is 0.228 e. The minimum absolute atomic E-state index is 0.148. The second-order valence-corrected chi connectivity index (χ2v) is 4.39. The van der Waals surface area contributed by atoms with Crippen LogP contribution in [0.5, 0.6) is 0 Å². The van der Waals surface area contributed by atoms with Gasteiger partial charge in [0.05, 0.1) is 5.69 Å². The summed E-state index contributed by atoms with van der Waals surface area (Å²) in [4.78, 5) is 1.42. The van der Waals surface area contributed by atoms with Crippen LogP contribution >= 0.6 is 0 Å². The van der Waals surface area contributed by atoms with Crippen molar-refractivity contribution < 1.29 is 0 Å². The average Bonchev–Trinajstić information content (AvgIpc) is 2.19. The Labute approximate surface area is 92.1 Å². The lowest BCUT2D eigenvalue weighted by Gasteiger charge is -2.19. The molecule has 0 bridgehead atoms. The van der Waals surface area contributed by atoms with Crippen LogP contribution in [0.1, 0.15) is 26.3 Å². The minimum atomic E-state index is 0.148. The summed E-state index contributed by atoms with van der Waals surface area (Å²) in [6.07, 6.45) is 10.5. The van der Waals surface area contributed by atoms with Gasteiger partial charge in [-0.15, -0.1) is 0 Å². The van der Waals surface area contributed by atoms with E-state index >= 15 is 0 Å². The first kappa shape index (κ1) is 11.2. The lowest BCUT2D eigenvalue weighted by molar-refractivity contribution is 0.590. The van der Waals surface area contributed by atoms with Crippen molar-refractivity contribution in [3.05, 3.63) is 29.8 Å². The van der Waals surface area contributed by atoms with Crippen LogP contribution in [-0.2, 0) is 5.41 Å². The maximum atomic E-state index is 5.27. The predicted octanol–water partition coefficient (Wildman–Crippen LogP) is 2.97. The summed E-state index contributed by atoms with van der Waals surface area (Å²) in [5.74, 6) is 0. The molecule has 15 heavy (non-hydrogen) atoms. The predicted molar refractivity (Wildman–Crippen MR) is 65.3 cm³/mol. The third-order valence-corrected chi connectivity index (χ3v) is 2.25. The van der Waals surface area contributed by atoms with E-state index < -0.39 is 0 Å². The van der Waals surface area contributed by atoms with Gasteiger partial charge in [-0.2, -0.15) is 0 Å². The molecule has 0 spiro atoms. The maximum Gasteiger partial charge on any atom is 0.0636 e. The highest BCUT2D eigenvalue weighted by Crippen LogP contribution is 2.24. The highest BCUT2D eigenvalue weighted by Gasteiger charge is 2.13. The molecule has 0 fully saturated rings. The smallest absolute Gasteiger partial charge is 0.0636 e. The van der Waals surface area contributed by atoms with E-state index in [2.05, 4.69) is 45.0 Å². The summed E-state index contributed by atoms with van der Waals surface area (Å²) in [6, 6.07) is 12.8. The molecule has 0 amide bonds. The van der Waals surface area contributed by atoms with Gasteiger partial charge in [0.2, 0.25) is 0 Å². The van der Waals surface area contributed by atoms with Gasteiger partial charge in [-0.05, 0) is 23.1 Å². The molecule has 0 N–H and O–H groups in total. The first-order valence-electron chi connectivity index (χ1n) is 4.82. The van der Waals surface area contributed by atoms with Crippen molar-refractivity contribution in [1.82, 2.24) is 0 Å². The Hall–Kier alpha value is -1.86. The Morgan fingerprint density at radius 2 is 1.47 bits per heavy atom. The summed E-state index contributed by atoms with van der Waals surface area (Å²) in [5, 5.41) is 0. The van der Waals surface area contributed by atoms with Crippen molar-refractivity contribution in [3.8, 4) is 24.9 Å². The summed E-state index contributed by atoms with van der Waals surface area (Å²) in [6.45, 7) is 6.51. The SMILES string of the molecule is C#CN(C#C)c1ccc(C(C)(C)C)cc1. The van der Waals surface area contributed by atoms with Crippen molar-refractivity contribution >= 4 is 5.69 Å². The van der Waals surface area contributed by atoms with Gasteiger partial charge in [0, 0.05) is 12.1 Å². The molecule has 0 saturated heterocycles. The zero-order valence-electron chi connectivity index (χ0n) is 9.41. The molecule has 0 aromatic heterocycles. The van der Waals surface area contributed by atoms with Crippen LogP contribution < -0.4 is 4.90 Å². The molecule has 1 nitrogen and oxygen atoms in total. The van der Waals surface area contributed by atoms with E-state index in [-0.39, 0.29) is 5.41 Å². The average molecular weight is 197 g/mol. The molecule has 0 aliphatic rings. The molecule has 0 atom stereocenters. The molecule has 76 valence electrons. The minimum Gasteiger partial charge on any atom is -0.228 e. The molecule has 1 heteroatoms. The molecular formula is C14H15N. The summed E-state index contributed by atoms with van der Waals surface area (Å²) in [7, 11) is 0. The maximum absolute atomic E-state index is 5.27. The van der Waals surface area contributed by atoms with Crippen LogP contribution in [0.2, 0.25) is 0 Å². The normalized spacial score (nSPS) is 10.2. The fourth-order valence-corrected chi connectivity index (χ4v) is 1.30. The standard InChI is InChI=1S/C14H15N/c1-6-15(7-2)13-10-8-12(9-11-13)14(3,4)5/h1-2,8-11H,3-5H3. The molecule has 1 aromatic rings. The highest BCUT2D eigenvalue weighted by molar-refractivity contribution is 5.57. The summed E-state index contributed by atoms with van der Waals surface area (Å²) >= 11 is 0. The second-order valence-electron chi connectivity index (χ2n) is 4.39. The van der Waals surface area contributed by atoms with Crippen molar-refractivity contribution in [2.45, 2.75) is 26.2 Å². The number of rotatable bonds is 1. The number of hydrogen-bond acceptors (Lipinski definition) is 1. The monoisotopic (exact) mass is 197 g/mol. The van der Waals surface area contributed by atoms with Crippen LogP contribution in [0.25, 0.3) is 0 Å². The topological polar surface area (TPSA) is 3.24 Å². The van der Waals surface area contributed by atoms with Gasteiger partial charge >= 0.3 is 0 Å². The Kier molecular flexibility index (Phi) is 3.08. The molecule has 0 heterocycles. The van der Waals surface area contributed by atoms with Crippen LogP contribution in [-0.4, -0.2) is 0 Å². The molecular weight excluding hydrogens is 182 g/mol. The van der Waals surface area contributed by atoms with Crippen LogP contribution in [0, 0.1) is 24.9 Å². The van der Waals surface area contributed by atoms with Gasteiger partial charge in [-0.3, -0.25) is 0 Å². The summed E-state index contributed by atoms with van der Waals surface area (Å²) < 4.78 is 0. The van der Waals surface area contributed by atoms with Crippen molar-refractivity contribution in [1.29, 1.82) is 0 Å². The molecule has 0 aliphatic carbocycles. The van der Waals surface area contributed by atoms with E-state index in [0.29, 0.717) is 0 Å². The van der Waals surface area contributed by atoms with E-state index in [1.54, 1.807) is 0 Å². The first-order chi connectivity index (χ1) is 6.99. The zero-order chi connectivity index (χ0) is 11.5. The number of terminal acetylenes is 2. The number of anilines is 1. The Balaban J connectivity index is 3.02. The van der Waals surface area contributed by atoms with Crippen molar-refractivity contribution in [3.63, 3.8) is 0 Å². The Morgan fingerprint density at radius 1 is 1.00 bits per heavy atom. The number of benzene rings is 1. The molecule has 0 unspecified atom stereocenters. The van der Waals surface area contributed by atoms with Gasteiger partial charge in [-0.25, -0.2) is 4.90 Å². The third kappa shape index (κ3) is 2.55. The lowest BCUT2D eigenvalue weighted by atomic mass is 9.87. The summed E-state index contributed by atoms with van der Waals surface area (Å²) in [5.41, 5.74) is 2.27. The first-order valence-corrected chi connectivity index (χ1v) is 4.82. The lowest BCUT2D eigenvalue weighted by Crippen LogP contribution is -2.12. The zero-order valence-corrected chi connectivity index (χ0v) is 9.41. The van der Waals surface area contributed by atoms with Crippen LogP contribution in [0.15, 0.2) is 24.3 Å². The van der Waals surface area contributed by atoms with Gasteiger partial charge in [-0.1, -0.05) is 45.8 Å². The van der Waals surface area contributed by atoms with Gasteiger partial charge in [0.25, 0.3) is 0 Å². The van der Waals surface area contributed by atoms with E-state index in [9.17, 15) is 0 Å². The van der Waals surface area contributed by atoms with E-state index in [1.165, 1.54) is 10.5 Å². The van der Waals surface area contributed by atoms with Gasteiger partial charge in [0.1, 0.15) is 0 Å². The molecule has 1 rings (SSSR count). The fourth-order valence-electron chi connectivity index (χ4n) is 1.30. The number of nitrogens with zero attached hydrogens (tertiary/aromatic N) is 1. The van der Waals surface area contributed by atoms with Crippen LogP contribution in [0.4, 0.5) is 5.69 Å². The van der Waals surface area contributed by atoms with Crippen molar-refractivity contribution in [2.24, 2.45) is 0 Å². The van der Waals surface area contributed by atoms with E-state index in [0.717, 1.165) is 5.69 Å². The molecule has 0 radical (unpaired) electrons. The quantitative estimate of drug-likeness (QED) is 0.494. The van der Waals surface area contributed by atoms with Crippen molar-refractivity contribution in [2.75, 3.05) is 4.90 Å². The van der Waals surface area contributed by atoms with Gasteiger partial charge < -0.3 is 0 Å².